The van der Waals surface area contributed by atoms with Crippen molar-refractivity contribution < 1.29 is 9.63 Å². The van der Waals surface area contributed by atoms with Crippen LogP contribution in [-0.4, -0.2) is 33.9 Å². The summed E-state index contributed by atoms with van der Waals surface area (Å²) in [6.07, 6.45) is 8.98. The number of hydrogen-bond donors (Lipinski definition) is 2. The zero-order valence-corrected chi connectivity index (χ0v) is 12.9. The Morgan fingerprint density at radius 2 is 2.00 bits per heavy atom. The first-order valence-electron chi connectivity index (χ1n) is 8.49. The maximum atomic E-state index is 9.19. The van der Waals surface area contributed by atoms with Crippen LogP contribution >= 0.6 is 0 Å². The maximum Gasteiger partial charge on any atom is 0.229 e. The second kappa shape index (κ2) is 6.88. The summed E-state index contributed by atoms with van der Waals surface area (Å²) in [5, 5.41) is 17.0. The van der Waals surface area contributed by atoms with Crippen molar-refractivity contribution in [3.63, 3.8) is 0 Å². The Kier molecular flexibility index (Phi) is 4.91. The molecule has 2 aliphatic carbocycles. The highest BCUT2D eigenvalue weighted by Crippen LogP contribution is 2.36. The van der Waals surface area contributed by atoms with E-state index in [4.69, 9.17) is 4.52 Å². The molecule has 21 heavy (non-hydrogen) atoms. The fourth-order valence-electron chi connectivity index (χ4n) is 3.48. The van der Waals surface area contributed by atoms with Crippen LogP contribution in [0.2, 0.25) is 0 Å². The molecular formula is C16H27N3O2. The van der Waals surface area contributed by atoms with Gasteiger partial charge in [0.25, 0.3) is 0 Å². The molecule has 2 aliphatic rings. The highest BCUT2D eigenvalue weighted by atomic mass is 16.5. The van der Waals surface area contributed by atoms with Gasteiger partial charge in [0.15, 0.2) is 5.82 Å². The third kappa shape index (κ3) is 3.83. The summed E-state index contributed by atoms with van der Waals surface area (Å²) >= 11 is 0. The first-order chi connectivity index (χ1) is 10.3. The van der Waals surface area contributed by atoms with Gasteiger partial charge < -0.3 is 14.9 Å². The highest BCUT2D eigenvalue weighted by Gasteiger charge is 2.33. The molecule has 0 bridgehead atoms. The molecule has 1 aromatic rings. The average molecular weight is 293 g/mol. The molecule has 0 amide bonds. The Bertz CT molecular complexity index is 436. The van der Waals surface area contributed by atoms with Crippen molar-refractivity contribution in [3.05, 3.63) is 11.7 Å². The van der Waals surface area contributed by atoms with Gasteiger partial charge in [-0.05, 0) is 50.9 Å². The first-order valence-corrected chi connectivity index (χ1v) is 8.49. The van der Waals surface area contributed by atoms with E-state index in [0.29, 0.717) is 24.6 Å². The van der Waals surface area contributed by atoms with Gasteiger partial charge in [0.2, 0.25) is 5.89 Å². The van der Waals surface area contributed by atoms with E-state index in [-0.39, 0.29) is 0 Å². The van der Waals surface area contributed by atoms with Gasteiger partial charge in [-0.3, -0.25) is 0 Å². The van der Waals surface area contributed by atoms with E-state index in [2.05, 4.69) is 22.4 Å². The van der Waals surface area contributed by atoms with E-state index in [1.165, 1.54) is 25.7 Å². The van der Waals surface area contributed by atoms with Gasteiger partial charge in [0.1, 0.15) is 0 Å². The minimum absolute atomic E-state index is 0.297. The standard InChI is InChI=1S/C16H27N3O2/c1-2-15-18-16(21-19-15)12-5-7-13(8-6-12)17-14(9-10-20)11-3-4-11/h11-14,17,20H,2-10H2,1H3. The Hall–Kier alpha value is -0.940. The molecule has 5 heteroatoms. The van der Waals surface area contributed by atoms with Crippen molar-refractivity contribution >= 4 is 0 Å². The summed E-state index contributed by atoms with van der Waals surface area (Å²) in [7, 11) is 0. The molecule has 1 unspecified atom stereocenters. The van der Waals surface area contributed by atoms with E-state index in [9.17, 15) is 5.11 Å². The van der Waals surface area contributed by atoms with E-state index >= 15 is 0 Å². The Labute approximate surface area is 126 Å². The molecule has 5 nitrogen and oxygen atoms in total. The van der Waals surface area contributed by atoms with Crippen molar-refractivity contribution in [1.29, 1.82) is 0 Å². The van der Waals surface area contributed by atoms with Gasteiger partial charge >= 0.3 is 0 Å². The van der Waals surface area contributed by atoms with Crippen molar-refractivity contribution in [2.24, 2.45) is 5.92 Å². The number of aryl methyl sites for hydroxylation is 1. The molecule has 1 heterocycles. The van der Waals surface area contributed by atoms with Gasteiger partial charge in [0.05, 0.1) is 0 Å². The van der Waals surface area contributed by atoms with Gasteiger partial charge in [-0.2, -0.15) is 4.98 Å². The molecule has 0 saturated heterocycles. The smallest absolute Gasteiger partial charge is 0.229 e. The van der Waals surface area contributed by atoms with Crippen LogP contribution in [0.25, 0.3) is 0 Å². The van der Waals surface area contributed by atoms with Crippen molar-refractivity contribution in [2.45, 2.75) is 76.3 Å². The molecule has 0 spiro atoms. The summed E-state index contributed by atoms with van der Waals surface area (Å²) < 4.78 is 5.38. The van der Waals surface area contributed by atoms with E-state index in [0.717, 1.165) is 43.3 Å². The van der Waals surface area contributed by atoms with Crippen molar-refractivity contribution in [2.75, 3.05) is 6.61 Å². The van der Waals surface area contributed by atoms with E-state index in [1.807, 2.05) is 0 Å². The van der Waals surface area contributed by atoms with E-state index in [1.54, 1.807) is 0 Å². The van der Waals surface area contributed by atoms with Gasteiger partial charge in [-0.25, -0.2) is 0 Å². The molecule has 2 N–H and O–H groups in total. The second-order valence-corrected chi connectivity index (χ2v) is 6.57. The Morgan fingerprint density at radius 3 is 2.57 bits per heavy atom. The molecule has 1 aromatic heterocycles. The quantitative estimate of drug-likeness (QED) is 0.808. The Balaban J connectivity index is 1.48. The van der Waals surface area contributed by atoms with Crippen molar-refractivity contribution in [1.82, 2.24) is 15.5 Å². The summed E-state index contributed by atoms with van der Waals surface area (Å²) in [5.74, 6) is 2.90. The van der Waals surface area contributed by atoms with E-state index < -0.39 is 0 Å². The fourth-order valence-corrected chi connectivity index (χ4v) is 3.48. The molecule has 0 aromatic carbocycles. The van der Waals surface area contributed by atoms with Crippen LogP contribution in [-0.2, 0) is 6.42 Å². The third-order valence-corrected chi connectivity index (χ3v) is 4.96. The van der Waals surface area contributed by atoms with Crippen LogP contribution in [0.3, 0.4) is 0 Å². The normalized spacial score (nSPS) is 27.7. The summed E-state index contributed by atoms with van der Waals surface area (Å²) in [5.41, 5.74) is 0. The summed E-state index contributed by atoms with van der Waals surface area (Å²) in [6, 6.07) is 1.11. The fraction of sp³-hybridized carbons (Fsp3) is 0.875. The lowest BCUT2D eigenvalue weighted by Crippen LogP contribution is -2.42. The molecule has 1 atom stereocenters. The highest BCUT2D eigenvalue weighted by molar-refractivity contribution is 4.98. The lowest BCUT2D eigenvalue weighted by molar-refractivity contribution is 0.226. The number of aliphatic hydroxyl groups excluding tert-OH is 1. The minimum Gasteiger partial charge on any atom is -0.396 e. The topological polar surface area (TPSA) is 71.2 Å². The largest absolute Gasteiger partial charge is 0.396 e. The van der Waals surface area contributed by atoms with Crippen LogP contribution in [0.4, 0.5) is 0 Å². The Morgan fingerprint density at radius 1 is 1.24 bits per heavy atom. The summed E-state index contributed by atoms with van der Waals surface area (Å²) in [4.78, 5) is 4.47. The molecular weight excluding hydrogens is 266 g/mol. The maximum absolute atomic E-state index is 9.19. The van der Waals surface area contributed by atoms with Gasteiger partial charge in [0, 0.05) is 31.0 Å². The van der Waals surface area contributed by atoms with Crippen molar-refractivity contribution in [3.8, 4) is 0 Å². The molecule has 2 saturated carbocycles. The zero-order valence-electron chi connectivity index (χ0n) is 12.9. The monoisotopic (exact) mass is 293 g/mol. The molecule has 3 rings (SSSR count). The van der Waals surface area contributed by atoms with Gasteiger partial charge in [-0.15, -0.1) is 0 Å². The number of aliphatic hydroxyl groups is 1. The van der Waals surface area contributed by atoms with Crippen LogP contribution in [0, 0.1) is 5.92 Å². The van der Waals surface area contributed by atoms with Crippen LogP contribution in [0.5, 0.6) is 0 Å². The molecule has 2 fully saturated rings. The van der Waals surface area contributed by atoms with Crippen LogP contribution in [0.15, 0.2) is 4.52 Å². The number of aromatic nitrogens is 2. The average Bonchev–Trinajstić information content (AvgIpc) is 3.25. The zero-order chi connectivity index (χ0) is 14.7. The first kappa shape index (κ1) is 15.0. The third-order valence-electron chi connectivity index (χ3n) is 4.96. The predicted octanol–water partition coefficient (Wildman–Crippen LogP) is 2.41. The minimum atomic E-state index is 0.297. The SMILES string of the molecule is CCc1noc(C2CCC(NC(CCO)C3CC3)CC2)n1. The predicted molar refractivity (Wildman–Crippen MR) is 80.0 cm³/mol. The molecule has 0 aliphatic heterocycles. The van der Waals surface area contributed by atoms with Gasteiger partial charge in [-0.1, -0.05) is 12.1 Å². The summed E-state index contributed by atoms with van der Waals surface area (Å²) in [6.45, 7) is 2.35. The molecule has 0 radical (unpaired) electrons. The van der Waals surface area contributed by atoms with Crippen LogP contribution in [0.1, 0.15) is 69.5 Å². The lowest BCUT2D eigenvalue weighted by Gasteiger charge is -2.31. The number of nitrogens with one attached hydrogen (secondary N) is 1. The van der Waals surface area contributed by atoms with Crippen LogP contribution < -0.4 is 5.32 Å². The number of nitrogens with zero attached hydrogens (tertiary/aromatic N) is 2. The molecule has 118 valence electrons. The second-order valence-electron chi connectivity index (χ2n) is 6.57. The lowest BCUT2D eigenvalue weighted by atomic mass is 9.85. The number of rotatable bonds is 7. The number of hydrogen-bond acceptors (Lipinski definition) is 5.